The summed E-state index contributed by atoms with van der Waals surface area (Å²) < 4.78 is 5.24. The first kappa shape index (κ1) is 14.2. The highest BCUT2D eigenvalue weighted by atomic mass is 16.5. The summed E-state index contributed by atoms with van der Waals surface area (Å²) in [5, 5.41) is 3.81. The lowest BCUT2D eigenvalue weighted by molar-refractivity contribution is -0.161. The van der Waals surface area contributed by atoms with Crippen molar-refractivity contribution in [2.24, 2.45) is 11.3 Å². The van der Waals surface area contributed by atoms with Gasteiger partial charge in [0.1, 0.15) is 0 Å². The molecular weight excluding hydrogens is 316 g/mol. The topological polar surface area (TPSA) is 58.6 Å². The van der Waals surface area contributed by atoms with Crippen LogP contribution in [0.5, 0.6) is 0 Å². The molecule has 5 nitrogen and oxygen atoms in total. The fourth-order valence-electron chi connectivity index (χ4n) is 7.59. The molecule has 3 aliphatic heterocycles. The van der Waals surface area contributed by atoms with E-state index in [2.05, 4.69) is 34.5 Å². The Bertz CT molecular complexity index is 838. The molecule has 5 heteroatoms. The Balaban J connectivity index is 1.67. The number of carbonyl (C=O) groups excluding carboxylic acids is 2. The number of hydrogen-bond donors (Lipinski definition) is 1. The van der Waals surface area contributed by atoms with Crippen LogP contribution in [0.15, 0.2) is 24.3 Å². The number of nitrogens with one attached hydrogen (secondary N) is 1. The van der Waals surface area contributed by atoms with Crippen molar-refractivity contribution in [2.45, 2.75) is 49.1 Å². The lowest BCUT2D eigenvalue weighted by atomic mass is 9.40. The van der Waals surface area contributed by atoms with Crippen molar-refractivity contribution >= 4 is 17.6 Å². The maximum absolute atomic E-state index is 12.8. The summed E-state index contributed by atoms with van der Waals surface area (Å²) >= 11 is 0. The summed E-state index contributed by atoms with van der Waals surface area (Å²) in [7, 11) is 1.49. The molecule has 1 aromatic carbocycles. The number of methoxy groups -OCH3 is 1. The highest BCUT2D eigenvalue weighted by Crippen LogP contribution is 2.75. The van der Waals surface area contributed by atoms with Crippen LogP contribution in [0, 0.1) is 11.3 Å². The van der Waals surface area contributed by atoms with E-state index < -0.39 is 0 Å². The van der Waals surface area contributed by atoms with Crippen LogP contribution in [0.25, 0.3) is 0 Å². The Kier molecular flexibility index (Phi) is 2.28. The number of benzene rings is 1. The number of fused-ring (bicyclic) bond motifs is 6. The number of ether oxygens (including phenoxy) is 1. The van der Waals surface area contributed by atoms with Gasteiger partial charge in [-0.15, -0.1) is 0 Å². The second kappa shape index (κ2) is 4.02. The van der Waals surface area contributed by atoms with Gasteiger partial charge in [-0.2, -0.15) is 0 Å². The summed E-state index contributed by atoms with van der Waals surface area (Å²) in [6, 6.07) is 8.73. The van der Waals surface area contributed by atoms with Crippen LogP contribution < -0.4 is 5.32 Å². The Labute approximate surface area is 146 Å². The third-order valence-corrected chi connectivity index (χ3v) is 8.20. The van der Waals surface area contributed by atoms with Crippen molar-refractivity contribution in [3.8, 4) is 0 Å². The van der Waals surface area contributed by atoms with Gasteiger partial charge < -0.3 is 15.0 Å². The van der Waals surface area contributed by atoms with Gasteiger partial charge in [0, 0.05) is 35.5 Å². The van der Waals surface area contributed by atoms with Crippen LogP contribution in [0.4, 0.5) is 5.69 Å². The predicted octanol–water partition coefficient (Wildman–Crippen LogP) is 2.07. The molecule has 1 aromatic rings. The first-order chi connectivity index (χ1) is 12.1. The van der Waals surface area contributed by atoms with Gasteiger partial charge in [0.25, 0.3) is 0 Å². The van der Waals surface area contributed by atoms with Crippen molar-refractivity contribution in [1.82, 2.24) is 4.90 Å². The average molecular weight is 338 g/mol. The molecule has 5 atom stereocenters. The van der Waals surface area contributed by atoms with Gasteiger partial charge in [-0.25, -0.2) is 0 Å². The molecule has 4 aliphatic rings. The predicted molar refractivity (Wildman–Crippen MR) is 91.0 cm³/mol. The number of rotatable bonds is 1. The molecule has 2 saturated heterocycles. The molecule has 1 amide bonds. The van der Waals surface area contributed by atoms with Gasteiger partial charge in [-0.05, 0) is 37.3 Å². The minimum absolute atomic E-state index is 0.0622. The quantitative estimate of drug-likeness (QED) is 0.797. The van der Waals surface area contributed by atoms with Gasteiger partial charge in [-0.3, -0.25) is 9.59 Å². The molecule has 0 radical (unpaired) electrons. The van der Waals surface area contributed by atoms with Gasteiger partial charge in [0.05, 0.1) is 18.6 Å². The molecule has 0 bridgehead atoms. The zero-order chi connectivity index (χ0) is 17.0. The van der Waals surface area contributed by atoms with Gasteiger partial charge in [0.15, 0.2) is 0 Å². The van der Waals surface area contributed by atoms with E-state index in [1.807, 2.05) is 0 Å². The Morgan fingerprint density at radius 3 is 2.96 bits per heavy atom. The largest absolute Gasteiger partial charge is 0.469 e. The summed E-state index contributed by atoms with van der Waals surface area (Å²) in [6.45, 7) is 0.816. The van der Waals surface area contributed by atoms with E-state index >= 15 is 0 Å². The number of anilines is 1. The minimum atomic E-state index is -0.310. The van der Waals surface area contributed by atoms with E-state index in [1.54, 1.807) is 0 Å². The Hall–Kier alpha value is -2.04. The molecule has 1 saturated carbocycles. The van der Waals surface area contributed by atoms with E-state index in [9.17, 15) is 9.59 Å². The van der Waals surface area contributed by atoms with Crippen molar-refractivity contribution in [3.05, 3.63) is 29.8 Å². The highest BCUT2D eigenvalue weighted by Gasteiger charge is 2.81. The molecule has 130 valence electrons. The zero-order valence-corrected chi connectivity index (χ0v) is 14.4. The molecule has 1 N–H and O–H groups in total. The molecule has 3 spiro atoms. The van der Waals surface area contributed by atoms with E-state index in [-0.39, 0.29) is 40.2 Å². The number of nitrogens with zero attached hydrogens (tertiary/aromatic N) is 1. The number of carbonyl (C=O) groups is 2. The van der Waals surface area contributed by atoms with Crippen molar-refractivity contribution < 1.29 is 14.3 Å². The second-order valence-electron chi connectivity index (χ2n) is 8.67. The fourth-order valence-corrected chi connectivity index (χ4v) is 7.59. The van der Waals surface area contributed by atoms with Crippen LogP contribution in [-0.4, -0.2) is 42.0 Å². The molecule has 3 fully saturated rings. The van der Waals surface area contributed by atoms with Crippen molar-refractivity contribution in [1.29, 1.82) is 0 Å². The lowest BCUT2D eigenvalue weighted by Crippen LogP contribution is -2.74. The average Bonchev–Trinajstić information content (AvgIpc) is 3.26. The van der Waals surface area contributed by atoms with Gasteiger partial charge in [0.2, 0.25) is 5.91 Å². The maximum Gasteiger partial charge on any atom is 0.311 e. The van der Waals surface area contributed by atoms with E-state index in [4.69, 9.17) is 4.74 Å². The Morgan fingerprint density at radius 2 is 2.12 bits per heavy atom. The van der Waals surface area contributed by atoms with E-state index in [0.29, 0.717) is 6.42 Å². The first-order valence-electron chi connectivity index (χ1n) is 9.33. The smallest absolute Gasteiger partial charge is 0.311 e. The maximum atomic E-state index is 12.8. The zero-order valence-electron chi connectivity index (χ0n) is 14.4. The monoisotopic (exact) mass is 338 g/mol. The third kappa shape index (κ3) is 1.24. The first-order valence-corrected chi connectivity index (χ1v) is 9.33. The van der Waals surface area contributed by atoms with Crippen LogP contribution in [0.1, 0.15) is 37.7 Å². The van der Waals surface area contributed by atoms with Crippen molar-refractivity contribution in [3.63, 3.8) is 0 Å². The van der Waals surface area contributed by atoms with E-state index in [1.165, 1.54) is 12.7 Å². The van der Waals surface area contributed by atoms with Crippen LogP contribution >= 0.6 is 0 Å². The SMILES string of the molecule is COC(=O)[C@@H]1C[C@]23CC[C@@]14Nc1ccccc1[C@@]41CCN(C(=O)C2)[C@@H]31. The standard InChI is InChI=1S/C20H22N2O3/c1-25-16(24)13-10-18-6-7-20(13)19(12-4-2-3-5-14(12)21-20)8-9-22(17(18)19)15(23)11-18/h2-5,13,17,21H,6-11H2,1H3/t13-,17-,18+,19+,20+/m0/s1. The molecule has 0 aromatic heterocycles. The summed E-state index contributed by atoms with van der Waals surface area (Å²) in [6.07, 6.45) is 4.29. The minimum Gasteiger partial charge on any atom is -0.469 e. The molecule has 0 unspecified atom stereocenters. The number of amides is 1. The number of para-hydroxylation sites is 1. The summed E-state index contributed by atoms with van der Waals surface area (Å²) in [4.78, 5) is 27.8. The normalized spacial score (nSPS) is 45.0. The van der Waals surface area contributed by atoms with Gasteiger partial charge in [-0.1, -0.05) is 18.2 Å². The van der Waals surface area contributed by atoms with Gasteiger partial charge >= 0.3 is 5.97 Å². The lowest BCUT2D eigenvalue weighted by Gasteiger charge is -2.64. The second-order valence-corrected chi connectivity index (χ2v) is 8.67. The van der Waals surface area contributed by atoms with Crippen molar-refractivity contribution in [2.75, 3.05) is 19.0 Å². The molecular formula is C20H22N2O3. The third-order valence-electron chi connectivity index (χ3n) is 8.20. The molecule has 3 heterocycles. The number of esters is 1. The summed E-state index contributed by atoms with van der Waals surface area (Å²) in [5.74, 6) is -0.0108. The fraction of sp³-hybridized carbons (Fsp3) is 0.600. The molecule has 1 aliphatic carbocycles. The molecule has 25 heavy (non-hydrogen) atoms. The summed E-state index contributed by atoms with van der Waals surface area (Å²) in [5.41, 5.74) is 1.94. The van der Waals surface area contributed by atoms with E-state index in [0.717, 1.165) is 37.9 Å². The number of hydrogen-bond acceptors (Lipinski definition) is 4. The highest BCUT2D eigenvalue weighted by molar-refractivity contribution is 5.87. The van der Waals surface area contributed by atoms with Crippen LogP contribution in [0.2, 0.25) is 0 Å². The molecule has 5 rings (SSSR count). The van der Waals surface area contributed by atoms with Crippen LogP contribution in [0.3, 0.4) is 0 Å². The Morgan fingerprint density at radius 1 is 1.28 bits per heavy atom. The van der Waals surface area contributed by atoms with Crippen LogP contribution in [-0.2, 0) is 19.7 Å².